The molecule has 0 fully saturated rings. The third-order valence-corrected chi connectivity index (χ3v) is 4.83. The number of carbonyl (C=O) groups excluding carboxylic acids is 1. The predicted molar refractivity (Wildman–Crippen MR) is 101 cm³/mol. The van der Waals surface area contributed by atoms with Gasteiger partial charge < -0.3 is 20.5 Å². The van der Waals surface area contributed by atoms with Gasteiger partial charge in [-0.05, 0) is 29.7 Å². The highest BCUT2D eigenvalue weighted by Crippen LogP contribution is 2.33. The van der Waals surface area contributed by atoms with E-state index in [0.29, 0.717) is 13.2 Å². The summed E-state index contributed by atoms with van der Waals surface area (Å²) >= 11 is 0. The molecule has 3 unspecified atom stereocenters. The summed E-state index contributed by atoms with van der Waals surface area (Å²) in [4.78, 5) is 12.7. The van der Waals surface area contributed by atoms with Gasteiger partial charge in [-0.1, -0.05) is 50.2 Å². The summed E-state index contributed by atoms with van der Waals surface area (Å²) in [5.74, 6) is 1.10. The van der Waals surface area contributed by atoms with E-state index in [2.05, 4.69) is 5.32 Å². The Morgan fingerprint density at radius 1 is 1.08 bits per heavy atom. The zero-order valence-electron chi connectivity index (χ0n) is 15.3. The summed E-state index contributed by atoms with van der Waals surface area (Å²) in [5.41, 5.74) is 8.25. The first kappa shape index (κ1) is 18.3. The summed E-state index contributed by atoms with van der Waals surface area (Å²) < 4.78 is 11.2. The van der Waals surface area contributed by atoms with Gasteiger partial charge in [-0.25, -0.2) is 0 Å². The van der Waals surface area contributed by atoms with Crippen LogP contribution in [0.5, 0.6) is 11.5 Å². The van der Waals surface area contributed by atoms with Crippen molar-refractivity contribution in [2.75, 3.05) is 13.2 Å². The summed E-state index contributed by atoms with van der Waals surface area (Å²) in [6.07, 6.45) is 0.776. The van der Waals surface area contributed by atoms with E-state index >= 15 is 0 Å². The molecule has 138 valence electrons. The third-order valence-electron chi connectivity index (χ3n) is 4.83. The molecule has 0 aliphatic carbocycles. The van der Waals surface area contributed by atoms with Gasteiger partial charge in [-0.3, -0.25) is 4.79 Å². The van der Waals surface area contributed by atoms with E-state index in [1.54, 1.807) is 0 Å². The van der Waals surface area contributed by atoms with E-state index < -0.39 is 0 Å². The average molecular weight is 354 g/mol. The Balaban J connectivity index is 1.70. The standard InChI is InChI=1S/C21H26N2O3/c1-3-17(16-9-10-18-19(13-16)26-12-11-25-18)23-21(24)14(2)20(22)15-7-5-4-6-8-15/h4-10,13-14,17,20H,3,11-12,22H2,1-2H3,(H,23,24). The number of ether oxygens (including phenoxy) is 2. The topological polar surface area (TPSA) is 73.6 Å². The molecule has 2 aromatic carbocycles. The second-order valence-electron chi connectivity index (χ2n) is 6.60. The summed E-state index contributed by atoms with van der Waals surface area (Å²) in [6, 6.07) is 15.1. The molecule has 1 aliphatic heterocycles. The molecule has 2 aromatic rings. The SMILES string of the molecule is CCC(NC(=O)C(C)C(N)c1ccccc1)c1ccc2c(c1)OCCO2. The van der Waals surface area contributed by atoms with Crippen LogP contribution in [-0.4, -0.2) is 19.1 Å². The molecule has 3 rings (SSSR count). The maximum absolute atomic E-state index is 12.7. The molecule has 5 nitrogen and oxygen atoms in total. The highest BCUT2D eigenvalue weighted by atomic mass is 16.6. The molecule has 0 bridgehead atoms. The largest absolute Gasteiger partial charge is 0.486 e. The van der Waals surface area contributed by atoms with Crippen molar-refractivity contribution in [2.24, 2.45) is 11.7 Å². The van der Waals surface area contributed by atoms with E-state index in [0.717, 1.165) is 29.0 Å². The van der Waals surface area contributed by atoms with E-state index in [9.17, 15) is 4.79 Å². The monoisotopic (exact) mass is 354 g/mol. The normalized spacial score (nSPS) is 16.4. The molecule has 0 saturated carbocycles. The van der Waals surface area contributed by atoms with Crippen molar-refractivity contribution in [3.05, 3.63) is 59.7 Å². The lowest BCUT2D eigenvalue weighted by atomic mass is 9.93. The Bertz CT molecular complexity index is 748. The fraction of sp³-hybridized carbons (Fsp3) is 0.381. The van der Waals surface area contributed by atoms with Crippen molar-refractivity contribution in [3.63, 3.8) is 0 Å². The van der Waals surface area contributed by atoms with Gasteiger partial charge in [0.25, 0.3) is 0 Å². The van der Waals surface area contributed by atoms with Gasteiger partial charge >= 0.3 is 0 Å². The van der Waals surface area contributed by atoms with Crippen molar-refractivity contribution in [2.45, 2.75) is 32.4 Å². The number of carbonyl (C=O) groups is 1. The maximum Gasteiger partial charge on any atom is 0.225 e. The quantitative estimate of drug-likeness (QED) is 0.834. The van der Waals surface area contributed by atoms with Crippen molar-refractivity contribution >= 4 is 5.91 Å². The first-order valence-corrected chi connectivity index (χ1v) is 9.10. The number of nitrogens with two attached hydrogens (primary N) is 1. The third kappa shape index (κ3) is 3.99. The minimum absolute atomic E-state index is 0.0527. The van der Waals surface area contributed by atoms with Gasteiger partial charge in [0.2, 0.25) is 5.91 Å². The molecular formula is C21H26N2O3. The highest BCUT2D eigenvalue weighted by Gasteiger charge is 2.25. The predicted octanol–water partition coefficient (Wildman–Crippen LogP) is 3.36. The van der Waals surface area contributed by atoms with Crippen molar-refractivity contribution in [1.29, 1.82) is 0 Å². The Kier molecular flexibility index (Phi) is 5.78. The van der Waals surface area contributed by atoms with Crippen LogP contribution in [0.3, 0.4) is 0 Å². The highest BCUT2D eigenvalue weighted by molar-refractivity contribution is 5.79. The first-order chi connectivity index (χ1) is 12.6. The molecule has 3 N–H and O–H groups in total. The molecule has 0 saturated heterocycles. The van der Waals surface area contributed by atoms with Crippen LogP contribution in [0.15, 0.2) is 48.5 Å². The van der Waals surface area contributed by atoms with Gasteiger partial charge in [0.05, 0.1) is 12.0 Å². The number of nitrogens with one attached hydrogen (secondary N) is 1. The van der Waals surface area contributed by atoms with E-state index in [1.807, 2.05) is 62.4 Å². The van der Waals surface area contributed by atoms with Crippen molar-refractivity contribution < 1.29 is 14.3 Å². The number of hydrogen-bond donors (Lipinski definition) is 2. The van der Waals surface area contributed by atoms with E-state index in [4.69, 9.17) is 15.2 Å². The second-order valence-corrected chi connectivity index (χ2v) is 6.60. The first-order valence-electron chi connectivity index (χ1n) is 9.10. The minimum atomic E-state index is -0.339. The molecule has 26 heavy (non-hydrogen) atoms. The average Bonchev–Trinajstić information content (AvgIpc) is 2.71. The smallest absolute Gasteiger partial charge is 0.225 e. The van der Waals surface area contributed by atoms with Gasteiger partial charge in [0.15, 0.2) is 11.5 Å². The number of amides is 1. The Hall–Kier alpha value is -2.53. The fourth-order valence-electron chi connectivity index (χ4n) is 3.13. The molecule has 0 spiro atoms. The van der Waals surface area contributed by atoms with E-state index in [1.165, 1.54) is 0 Å². The summed E-state index contributed by atoms with van der Waals surface area (Å²) in [6.45, 7) is 5.02. The second kappa shape index (κ2) is 8.23. The maximum atomic E-state index is 12.7. The van der Waals surface area contributed by atoms with Crippen LogP contribution in [0.4, 0.5) is 0 Å². The van der Waals surface area contributed by atoms with Gasteiger partial charge in [-0.2, -0.15) is 0 Å². The van der Waals surface area contributed by atoms with Crippen LogP contribution >= 0.6 is 0 Å². The molecule has 0 aromatic heterocycles. The lowest BCUT2D eigenvalue weighted by Gasteiger charge is -2.25. The number of hydrogen-bond acceptors (Lipinski definition) is 4. The Labute approximate surface area is 154 Å². The molecule has 5 heteroatoms. The van der Waals surface area contributed by atoms with Crippen molar-refractivity contribution in [1.82, 2.24) is 5.32 Å². The summed E-state index contributed by atoms with van der Waals surface area (Å²) in [5, 5.41) is 3.12. The molecule has 1 amide bonds. The van der Waals surface area contributed by atoms with Crippen LogP contribution in [-0.2, 0) is 4.79 Å². The number of rotatable bonds is 6. The van der Waals surface area contributed by atoms with E-state index in [-0.39, 0.29) is 23.9 Å². The Morgan fingerprint density at radius 2 is 1.77 bits per heavy atom. The van der Waals surface area contributed by atoms with Crippen LogP contribution in [0, 0.1) is 5.92 Å². The van der Waals surface area contributed by atoms with Gasteiger partial charge in [-0.15, -0.1) is 0 Å². The van der Waals surface area contributed by atoms with Crippen LogP contribution in [0.2, 0.25) is 0 Å². The molecule has 1 aliphatic rings. The molecule has 0 radical (unpaired) electrons. The zero-order valence-corrected chi connectivity index (χ0v) is 15.3. The van der Waals surface area contributed by atoms with Crippen LogP contribution < -0.4 is 20.5 Å². The fourth-order valence-corrected chi connectivity index (χ4v) is 3.13. The van der Waals surface area contributed by atoms with Gasteiger partial charge in [0.1, 0.15) is 13.2 Å². The molecular weight excluding hydrogens is 328 g/mol. The van der Waals surface area contributed by atoms with Crippen LogP contribution in [0.1, 0.15) is 43.5 Å². The number of fused-ring (bicyclic) bond motifs is 1. The summed E-state index contributed by atoms with van der Waals surface area (Å²) in [7, 11) is 0. The van der Waals surface area contributed by atoms with Crippen molar-refractivity contribution in [3.8, 4) is 11.5 Å². The van der Waals surface area contributed by atoms with Crippen LogP contribution in [0.25, 0.3) is 0 Å². The minimum Gasteiger partial charge on any atom is -0.486 e. The lowest BCUT2D eigenvalue weighted by molar-refractivity contribution is -0.126. The number of benzene rings is 2. The Morgan fingerprint density at radius 3 is 2.46 bits per heavy atom. The van der Waals surface area contributed by atoms with Gasteiger partial charge in [0, 0.05) is 6.04 Å². The lowest BCUT2D eigenvalue weighted by Crippen LogP contribution is -2.37. The molecule has 3 atom stereocenters. The molecule has 1 heterocycles. The zero-order chi connectivity index (χ0) is 18.5.